The molecule has 0 spiro atoms. The third-order valence-corrected chi connectivity index (χ3v) is 3.26. The van der Waals surface area contributed by atoms with Gasteiger partial charge in [0, 0.05) is 24.7 Å². The van der Waals surface area contributed by atoms with Gasteiger partial charge in [-0.05, 0) is 24.6 Å². The molecule has 3 heteroatoms. The predicted molar refractivity (Wildman–Crippen MR) is 64.2 cm³/mol. The van der Waals surface area contributed by atoms with Crippen LogP contribution in [-0.2, 0) is 13.0 Å². The second-order valence-electron chi connectivity index (χ2n) is 4.09. The van der Waals surface area contributed by atoms with E-state index < -0.39 is 0 Å². The highest BCUT2D eigenvalue weighted by atomic mass is 16.5. The Morgan fingerprint density at radius 3 is 2.69 bits per heavy atom. The lowest BCUT2D eigenvalue weighted by atomic mass is 9.98. The van der Waals surface area contributed by atoms with E-state index in [1.807, 2.05) is 6.07 Å². The average molecular weight is 221 g/mol. The summed E-state index contributed by atoms with van der Waals surface area (Å²) in [5.41, 5.74) is 2.68. The van der Waals surface area contributed by atoms with Crippen LogP contribution in [-0.4, -0.2) is 32.2 Å². The van der Waals surface area contributed by atoms with E-state index in [0.29, 0.717) is 0 Å². The van der Waals surface area contributed by atoms with E-state index in [1.165, 1.54) is 11.1 Å². The molecule has 1 heterocycles. The Morgan fingerprint density at radius 2 is 2.06 bits per heavy atom. The van der Waals surface area contributed by atoms with Gasteiger partial charge >= 0.3 is 0 Å². The molecule has 1 aliphatic rings. The van der Waals surface area contributed by atoms with Gasteiger partial charge in [0.1, 0.15) is 11.5 Å². The number of benzene rings is 1. The van der Waals surface area contributed by atoms with Gasteiger partial charge in [-0.3, -0.25) is 4.90 Å². The van der Waals surface area contributed by atoms with Crippen molar-refractivity contribution < 1.29 is 9.47 Å². The van der Waals surface area contributed by atoms with Crippen LogP contribution in [0.4, 0.5) is 0 Å². The summed E-state index contributed by atoms with van der Waals surface area (Å²) in [6.45, 7) is 5.40. The predicted octanol–water partition coefficient (Wildman–Crippen LogP) is 2.08. The van der Waals surface area contributed by atoms with Gasteiger partial charge in [-0.2, -0.15) is 0 Å². The standard InChI is InChI=1S/C13H19NO2/c1-4-14-6-5-10-7-11(15-2)8-13(16-3)12(10)9-14/h7-8H,4-6,9H2,1-3H3. The minimum Gasteiger partial charge on any atom is -0.497 e. The maximum atomic E-state index is 5.44. The number of rotatable bonds is 3. The first-order valence-electron chi connectivity index (χ1n) is 5.74. The molecule has 1 aromatic rings. The number of hydrogen-bond donors (Lipinski definition) is 0. The fraction of sp³-hybridized carbons (Fsp3) is 0.538. The Morgan fingerprint density at radius 1 is 1.25 bits per heavy atom. The molecule has 0 aromatic heterocycles. The van der Waals surface area contributed by atoms with Gasteiger partial charge in [-0.25, -0.2) is 0 Å². The number of hydrogen-bond acceptors (Lipinski definition) is 3. The third kappa shape index (κ3) is 2.00. The second-order valence-corrected chi connectivity index (χ2v) is 4.09. The molecule has 0 bridgehead atoms. The van der Waals surface area contributed by atoms with Crippen LogP contribution in [0.5, 0.6) is 11.5 Å². The molecular formula is C13H19NO2. The third-order valence-electron chi connectivity index (χ3n) is 3.26. The van der Waals surface area contributed by atoms with Gasteiger partial charge in [-0.15, -0.1) is 0 Å². The Hall–Kier alpha value is -1.22. The molecule has 0 unspecified atom stereocenters. The topological polar surface area (TPSA) is 21.7 Å². The molecule has 1 aromatic carbocycles. The van der Waals surface area contributed by atoms with Crippen molar-refractivity contribution in [3.63, 3.8) is 0 Å². The first-order valence-corrected chi connectivity index (χ1v) is 5.74. The first-order chi connectivity index (χ1) is 7.78. The molecule has 2 rings (SSSR count). The highest BCUT2D eigenvalue weighted by Gasteiger charge is 2.19. The van der Waals surface area contributed by atoms with Crippen molar-refractivity contribution in [3.05, 3.63) is 23.3 Å². The van der Waals surface area contributed by atoms with E-state index >= 15 is 0 Å². The Bertz CT molecular complexity index is 359. The van der Waals surface area contributed by atoms with E-state index in [1.54, 1.807) is 14.2 Å². The zero-order valence-electron chi connectivity index (χ0n) is 10.2. The summed E-state index contributed by atoms with van der Waals surface area (Å²) < 4.78 is 10.7. The smallest absolute Gasteiger partial charge is 0.127 e. The minimum absolute atomic E-state index is 0.889. The Balaban J connectivity index is 2.38. The number of ether oxygens (including phenoxy) is 2. The molecule has 0 amide bonds. The van der Waals surface area contributed by atoms with Gasteiger partial charge in [0.2, 0.25) is 0 Å². The molecule has 0 saturated carbocycles. The van der Waals surface area contributed by atoms with Crippen molar-refractivity contribution >= 4 is 0 Å². The lowest BCUT2D eigenvalue weighted by Crippen LogP contribution is -2.30. The van der Waals surface area contributed by atoms with Crippen molar-refractivity contribution in [2.45, 2.75) is 19.9 Å². The maximum absolute atomic E-state index is 5.44. The van der Waals surface area contributed by atoms with Crippen molar-refractivity contribution in [2.75, 3.05) is 27.3 Å². The van der Waals surface area contributed by atoms with Crippen molar-refractivity contribution in [1.82, 2.24) is 4.90 Å². The fourth-order valence-corrected chi connectivity index (χ4v) is 2.23. The Kier molecular flexibility index (Phi) is 3.34. The van der Waals surface area contributed by atoms with Gasteiger partial charge in [0.25, 0.3) is 0 Å². The quantitative estimate of drug-likeness (QED) is 0.780. The van der Waals surface area contributed by atoms with Crippen LogP contribution >= 0.6 is 0 Å². The normalized spacial score (nSPS) is 15.7. The summed E-state index contributed by atoms with van der Waals surface area (Å²) in [6, 6.07) is 4.10. The summed E-state index contributed by atoms with van der Waals surface area (Å²) in [7, 11) is 3.42. The van der Waals surface area contributed by atoms with Crippen LogP contribution in [0.2, 0.25) is 0 Å². The lowest BCUT2D eigenvalue weighted by molar-refractivity contribution is 0.260. The molecule has 3 nitrogen and oxygen atoms in total. The fourth-order valence-electron chi connectivity index (χ4n) is 2.23. The maximum Gasteiger partial charge on any atom is 0.127 e. The minimum atomic E-state index is 0.889. The molecule has 16 heavy (non-hydrogen) atoms. The van der Waals surface area contributed by atoms with E-state index in [9.17, 15) is 0 Å². The van der Waals surface area contributed by atoms with Crippen LogP contribution in [0.15, 0.2) is 12.1 Å². The van der Waals surface area contributed by atoms with Gasteiger partial charge in [-0.1, -0.05) is 6.92 Å². The molecular weight excluding hydrogens is 202 g/mol. The van der Waals surface area contributed by atoms with Gasteiger partial charge in [0.15, 0.2) is 0 Å². The monoisotopic (exact) mass is 221 g/mol. The molecule has 0 N–H and O–H groups in total. The average Bonchev–Trinajstić information content (AvgIpc) is 2.36. The van der Waals surface area contributed by atoms with Gasteiger partial charge in [0.05, 0.1) is 14.2 Å². The molecule has 0 radical (unpaired) electrons. The van der Waals surface area contributed by atoms with Crippen LogP contribution < -0.4 is 9.47 Å². The van der Waals surface area contributed by atoms with E-state index in [4.69, 9.17) is 9.47 Å². The Labute approximate surface area is 97.0 Å². The zero-order valence-corrected chi connectivity index (χ0v) is 10.2. The number of nitrogens with zero attached hydrogens (tertiary/aromatic N) is 1. The molecule has 0 fully saturated rings. The van der Waals surface area contributed by atoms with E-state index in [2.05, 4.69) is 17.9 Å². The summed E-state index contributed by atoms with van der Waals surface area (Å²) >= 11 is 0. The number of fused-ring (bicyclic) bond motifs is 1. The molecule has 0 atom stereocenters. The highest BCUT2D eigenvalue weighted by Crippen LogP contribution is 2.32. The van der Waals surface area contributed by atoms with Crippen molar-refractivity contribution in [1.29, 1.82) is 0 Å². The van der Waals surface area contributed by atoms with Crippen LogP contribution in [0.25, 0.3) is 0 Å². The van der Waals surface area contributed by atoms with Crippen molar-refractivity contribution in [2.24, 2.45) is 0 Å². The van der Waals surface area contributed by atoms with E-state index in [-0.39, 0.29) is 0 Å². The molecule has 1 aliphatic heterocycles. The van der Waals surface area contributed by atoms with Crippen LogP contribution in [0.3, 0.4) is 0 Å². The summed E-state index contributed by atoms with van der Waals surface area (Å²) in [4.78, 5) is 2.43. The summed E-state index contributed by atoms with van der Waals surface area (Å²) in [5, 5.41) is 0. The highest BCUT2D eigenvalue weighted by molar-refractivity contribution is 5.47. The number of methoxy groups -OCH3 is 2. The first kappa shape index (κ1) is 11.3. The van der Waals surface area contributed by atoms with Crippen molar-refractivity contribution in [3.8, 4) is 11.5 Å². The van der Waals surface area contributed by atoms with Crippen LogP contribution in [0, 0.1) is 0 Å². The molecule has 0 aliphatic carbocycles. The summed E-state index contributed by atoms with van der Waals surface area (Å²) in [5.74, 6) is 1.84. The molecule has 88 valence electrons. The largest absolute Gasteiger partial charge is 0.497 e. The molecule has 0 saturated heterocycles. The lowest BCUT2D eigenvalue weighted by Gasteiger charge is -2.29. The number of likely N-dealkylation sites (N-methyl/N-ethyl adjacent to an activating group) is 1. The SMILES string of the molecule is CCN1CCc2cc(OC)cc(OC)c2C1. The second kappa shape index (κ2) is 4.74. The summed E-state index contributed by atoms with van der Waals surface area (Å²) in [6.07, 6.45) is 1.08. The van der Waals surface area contributed by atoms with E-state index in [0.717, 1.165) is 37.6 Å². The van der Waals surface area contributed by atoms with Crippen LogP contribution in [0.1, 0.15) is 18.1 Å². The zero-order chi connectivity index (χ0) is 11.5. The van der Waals surface area contributed by atoms with Gasteiger partial charge < -0.3 is 9.47 Å².